The number of hydrogen-bond donors (Lipinski definition) is 3. The quantitative estimate of drug-likeness (QED) is 0.670. The first-order chi connectivity index (χ1) is 11.3. The molecule has 24 heavy (non-hydrogen) atoms. The minimum absolute atomic E-state index is 0.399. The summed E-state index contributed by atoms with van der Waals surface area (Å²) in [5.41, 5.74) is 8.45. The number of fused-ring (bicyclic) bond motifs is 1. The second-order valence-electron chi connectivity index (χ2n) is 6.55. The SMILES string of the molecule is CC(C)(O)CCc1nc2ccc(-c3cn[nH]c3)cc2cc1C(N)=O. The lowest BCUT2D eigenvalue weighted by Gasteiger charge is -2.17. The lowest BCUT2D eigenvalue weighted by Crippen LogP contribution is -2.21. The lowest BCUT2D eigenvalue weighted by molar-refractivity contribution is 0.0709. The van der Waals surface area contributed by atoms with Gasteiger partial charge in [0.2, 0.25) is 0 Å². The molecule has 0 aliphatic rings. The maximum Gasteiger partial charge on any atom is 0.250 e. The number of carbonyl (C=O) groups is 1. The van der Waals surface area contributed by atoms with Crippen LogP contribution >= 0.6 is 0 Å². The molecule has 0 spiro atoms. The summed E-state index contributed by atoms with van der Waals surface area (Å²) in [6.45, 7) is 3.46. The highest BCUT2D eigenvalue weighted by Gasteiger charge is 2.17. The average molecular weight is 324 g/mol. The third-order valence-corrected chi connectivity index (χ3v) is 3.96. The number of H-pyrrole nitrogens is 1. The molecule has 6 heteroatoms. The van der Waals surface area contributed by atoms with Gasteiger partial charge in [0.15, 0.2) is 0 Å². The molecule has 6 nitrogen and oxygen atoms in total. The van der Waals surface area contributed by atoms with Crippen LogP contribution in [0.1, 0.15) is 36.3 Å². The summed E-state index contributed by atoms with van der Waals surface area (Å²) in [4.78, 5) is 16.4. The standard InChI is InChI=1S/C18H20N4O2/c1-18(2,24)6-5-16-14(17(19)23)8-12-7-11(3-4-15(12)22-16)13-9-20-21-10-13/h3-4,7-10,24H,5-6H2,1-2H3,(H2,19,23)(H,20,21). The highest BCUT2D eigenvalue weighted by Crippen LogP contribution is 2.25. The van der Waals surface area contributed by atoms with E-state index < -0.39 is 11.5 Å². The summed E-state index contributed by atoms with van der Waals surface area (Å²) in [6.07, 6.45) is 4.53. The second-order valence-corrected chi connectivity index (χ2v) is 6.55. The predicted octanol–water partition coefficient (Wildman–Crippen LogP) is 2.43. The first-order valence-electron chi connectivity index (χ1n) is 7.78. The highest BCUT2D eigenvalue weighted by atomic mass is 16.3. The first-order valence-corrected chi connectivity index (χ1v) is 7.78. The van der Waals surface area contributed by atoms with Crippen molar-refractivity contribution in [2.75, 3.05) is 0 Å². The third-order valence-electron chi connectivity index (χ3n) is 3.96. The molecule has 2 aromatic heterocycles. The molecule has 124 valence electrons. The van der Waals surface area contributed by atoms with Crippen LogP contribution in [-0.2, 0) is 6.42 Å². The number of aliphatic hydroxyl groups is 1. The van der Waals surface area contributed by atoms with Crippen molar-refractivity contribution in [3.63, 3.8) is 0 Å². The zero-order valence-corrected chi connectivity index (χ0v) is 13.7. The molecule has 0 atom stereocenters. The number of amides is 1. The van der Waals surface area contributed by atoms with Crippen LogP contribution in [0.25, 0.3) is 22.0 Å². The topological polar surface area (TPSA) is 105 Å². The first kappa shape index (κ1) is 16.1. The van der Waals surface area contributed by atoms with Gasteiger partial charge in [-0.15, -0.1) is 0 Å². The van der Waals surface area contributed by atoms with Gasteiger partial charge in [0, 0.05) is 17.1 Å². The van der Waals surface area contributed by atoms with Crippen molar-refractivity contribution < 1.29 is 9.90 Å². The summed E-state index contributed by atoms with van der Waals surface area (Å²) in [7, 11) is 0. The number of aromatic nitrogens is 3. The van der Waals surface area contributed by atoms with Crippen LogP contribution in [0, 0.1) is 0 Å². The summed E-state index contributed by atoms with van der Waals surface area (Å²) in [5.74, 6) is -0.510. The highest BCUT2D eigenvalue weighted by molar-refractivity contribution is 5.98. The Morgan fingerprint density at radius 1 is 1.29 bits per heavy atom. The summed E-state index contributed by atoms with van der Waals surface area (Å²) in [5, 5.41) is 17.5. The molecule has 0 saturated heterocycles. The van der Waals surface area contributed by atoms with Crippen molar-refractivity contribution in [1.29, 1.82) is 0 Å². The summed E-state index contributed by atoms with van der Waals surface area (Å²) >= 11 is 0. The van der Waals surface area contributed by atoms with Crippen molar-refractivity contribution in [2.24, 2.45) is 5.73 Å². The van der Waals surface area contributed by atoms with E-state index in [0.717, 1.165) is 22.0 Å². The van der Waals surface area contributed by atoms with Gasteiger partial charge in [-0.1, -0.05) is 6.07 Å². The van der Waals surface area contributed by atoms with Crippen LogP contribution in [0.3, 0.4) is 0 Å². The molecule has 2 heterocycles. The minimum Gasteiger partial charge on any atom is -0.390 e. The fourth-order valence-electron chi connectivity index (χ4n) is 2.63. The van der Waals surface area contributed by atoms with E-state index in [2.05, 4.69) is 15.2 Å². The van der Waals surface area contributed by atoms with E-state index in [9.17, 15) is 9.90 Å². The predicted molar refractivity (Wildman–Crippen MR) is 92.5 cm³/mol. The van der Waals surface area contributed by atoms with Gasteiger partial charge in [0.1, 0.15) is 0 Å². The Bertz CT molecular complexity index is 880. The Morgan fingerprint density at radius 2 is 2.08 bits per heavy atom. The Hall–Kier alpha value is -2.73. The summed E-state index contributed by atoms with van der Waals surface area (Å²) in [6, 6.07) is 7.60. The Labute approximate surface area is 139 Å². The van der Waals surface area contributed by atoms with Crippen molar-refractivity contribution in [3.05, 3.63) is 47.9 Å². The van der Waals surface area contributed by atoms with Gasteiger partial charge in [0.05, 0.1) is 28.6 Å². The third kappa shape index (κ3) is 3.44. The average Bonchev–Trinajstić information content (AvgIpc) is 3.05. The van der Waals surface area contributed by atoms with Crippen LogP contribution in [0.4, 0.5) is 0 Å². The van der Waals surface area contributed by atoms with E-state index in [4.69, 9.17) is 5.73 Å². The molecule has 0 saturated carbocycles. The Kier molecular flexibility index (Phi) is 4.07. The van der Waals surface area contributed by atoms with Crippen LogP contribution in [0.2, 0.25) is 0 Å². The zero-order chi connectivity index (χ0) is 17.3. The Balaban J connectivity index is 2.05. The van der Waals surface area contributed by atoms with Crippen molar-refractivity contribution in [3.8, 4) is 11.1 Å². The molecule has 1 aromatic carbocycles. The number of hydrogen-bond acceptors (Lipinski definition) is 4. The molecular weight excluding hydrogens is 304 g/mol. The second kappa shape index (κ2) is 6.05. The number of benzene rings is 1. The molecule has 3 rings (SSSR count). The van der Waals surface area contributed by atoms with E-state index in [1.54, 1.807) is 32.3 Å². The van der Waals surface area contributed by atoms with Crippen molar-refractivity contribution >= 4 is 16.8 Å². The number of rotatable bonds is 5. The number of nitrogens with one attached hydrogen (secondary N) is 1. The smallest absolute Gasteiger partial charge is 0.250 e. The van der Waals surface area contributed by atoms with Crippen molar-refractivity contribution in [2.45, 2.75) is 32.3 Å². The maximum absolute atomic E-state index is 11.8. The van der Waals surface area contributed by atoms with Gasteiger partial charge in [-0.2, -0.15) is 5.10 Å². The van der Waals surface area contributed by atoms with E-state index in [-0.39, 0.29) is 0 Å². The lowest BCUT2D eigenvalue weighted by atomic mass is 9.97. The monoisotopic (exact) mass is 324 g/mol. The van der Waals surface area contributed by atoms with Crippen LogP contribution in [-0.4, -0.2) is 31.8 Å². The number of carbonyl (C=O) groups excluding carboxylic acids is 1. The minimum atomic E-state index is -0.823. The number of aryl methyl sites for hydroxylation is 1. The van der Waals surface area contributed by atoms with E-state index >= 15 is 0 Å². The summed E-state index contributed by atoms with van der Waals surface area (Å²) < 4.78 is 0. The molecule has 0 fully saturated rings. The molecule has 0 aliphatic heterocycles. The van der Waals surface area contributed by atoms with E-state index in [1.807, 2.05) is 18.2 Å². The molecule has 1 amide bonds. The van der Waals surface area contributed by atoms with E-state index in [1.165, 1.54) is 0 Å². The van der Waals surface area contributed by atoms with Gasteiger partial charge >= 0.3 is 0 Å². The van der Waals surface area contributed by atoms with E-state index in [0.29, 0.717) is 24.1 Å². The molecule has 4 N–H and O–H groups in total. The number of primary amides is 1. The van der Waals surface area contributed by atoms with Crippen LogP contribution in [0.15, 0.2) is 36.7 Å². The molecular formula is C18H20N4O2. The molecule has 3 aromatic rings. The molecule has 0 bridgehead atoms. The largest absolute Gasteiger partial charge is 0.390 e. The van der Waals surface area contributed by atoms with Crippen LogP contribution in [0.5, 0.6) is 0 Å². The van der Waals surface area contributed by atoms with Gasteiger partial charge in [0.25, 0.3) is 5.91 Å². The molecule has 0 aliphatic carbocycles. The fourth-order valence-corrected chi connectivity index (χ4v) is 2.63. The molecule has 0 unspecified atom stereocenters. The maximum atomic E-state index is 11.8. The number of nitrogens with two attached hydrogens (primary N) is 1. The molecule has 0 radical (unpaired) electrons. The number of aromatic amines is 1. The van der Waals surface area contributed by atoms with Crippen LogP contribution < -0.4 is 5.73 Å². The van der Waals surface area contributed by atoms with Gasteiger partial charge in [-0.3, -0.25) is 14.9 Å². The normalized spacial score (nSPS) is 11.8. The number of nitrogens with zero attached hydrogens (tertiary/aromatic N) is 2. The zero-order valence-electron chi connectivity index (χ0n) is 13.7. The van der Waals surface area contributed by atoms with Gasteiger partial charge < -0.3 is 10.8 Å². The van der Waals surface area contributed by atoms with Gasteiger partial charge in [-0.05, 0) is 50.5 Å². The Morgan fingerprint density at radius 3 is 2.71 bits per heavy atom. The number of pyridine rings is 1. The van der Waals surface area contributed by atoms with Crippen molar-refractivity contribution in [1.82, 2.24) is 15.2 Å². The fraction of sp³-hybridized carbons (Fsp3) is 0.278. The van der Waals surface area contributed by atoms with Gasteiger partial charge in [-0.25, -0.2) is 0 Å².